The molecule has 0 atom stereocenters. The zero-order valence-electron chi connectivity index (χ0n) is 15.3. The molecule has 6 rings (SSSR count). The summed E-state index contributed by atoms with van der Waals surface area (Å²) < 4.78 is 0. The van der Waals surface area contributed by atoms with E-state index in [1.165, 1.54) is 38.5 Å². The highest BCUT2D eigenvalue weighted by atomic mass is 32.1. The molecular weight excluding hydrogens is 354 g/mol. The first-order chi connectivity index (χ1) is 13.1. The van der Waals surface area contributed by atoms with E-state index in [1.807, 2.05) is 30.3 Å². The van der Waals surface area contributed by atoms with Crippen LogP contribution >= 0.6 is 12.2 Å². The van der Waals surface area contributed by atoms with Gasteiger partial charge in [0.25, 0.3) is 0 Å². The molecule has 4 aliphatic rings. The minimum atomic E-state index is 0.177. The highest BCUT2D eigenvalue weighted by Crippen LogP contribution is 2.55. The quantitative estimate of drug-likeness (QED) is 0.422. The van der Waals surface area contributed by atoms with Crippen molar-refractivity contribution in [1.29, 1.82) is 0 Å². The highest BCUT2D eigenvalue weighted by molar-refractivity contribution is 7.80. The summed E-state index contributed by atoms with van der Waals surface area (Å²) in [6.45, 7) is 0. The van der Waals surface area contributed by atoms with Crippen molar-refractivity contribution in [3.05, 3.63) is 42.0 Å². The molecule has 4 nitrogen and oxygen atoms in total. The van der Waals surface area contributed by atoms with Crippen LogP contribution in [0.25, 0.3) is 10.8 Å². The number of benzene rings is 2. The van der Waals surface area contributed by atoms with Crippen LogP contribution in [0.3, 0.4) is 0 Å². The number of phenols is 1. The molecule has 27 heavy (non-hydrogen) atoms. The Morgan fingerprint density at radius 1 is 1.04 bits per heavy atom. The fourth-order valence-corrected chi connectivity index (χ4v) is 6.38. The van der Waals surface area contributed by atoms with Gasteiger partial charge in [0.05, 0.1) is 6.21 Å². The summed E-state index contributed by atoms with van der Waals surface area (Å²) in [5.74, 6) is 2.85. The van der Waals surface area contributed by atoms with Crippen LogP contribution in [0.5, 0.6) is 5.75 Å². The summed E-state index contributed by atoms with van der Waals surface area (Å²) in [6, 6.07) is 11.6. The molecule has 0 unspecified atom stereocenters. The summed E-state index contributed by atoms with van der Waals surface area (Å²) >= 11 is 5.53. The number of nitrogens with one attached hydrogen (secondary N) is 2. The first-order valence-electron chi connectivity index (χ1n) is 9.92. The topological polar surface area (TPSA) is 56.7 Å². The minimum Gasteiger partial charge on any atom is -0.507 e. The molecule has 140 valence electrons. The number of aromatic hydroxyl groups is 1. The Morgan fingerprint density at radius 2 is 1.70 bits per heavy atom. The van der Waals surface area contributed by atoms with Crippen molar-refractivity contribution in [2.75, 3.05) is 0 Å². The molecule has 4 bridgehead atoms. The van der Waals surface area contributed by atoms with Crippen LogP contribution < -0.4 is 10.7 Å². The monoisotopic (exact) mass is 379 g/mol. The normalized spacial score (nSPS) is 31.5. The summed E-state index contributed by atoms with van der Waals surface area (Å²) in [6.07, 6.45) is 9.64. The van der Waals surface area contributed by atoms with E-state index in [2.05, 4.69) is 15.8 Å². The van der Waals surface area contributed by atoms with E-state index in [0.717, 1.165) is 28.5 Å². The zero-order valence-corrected chi connectivity index (χ0v) is 16.1. The van der Waals surface area contributed by atoms with Crippen LogP contribution in [0.4, 0.5) is 0 Å². The van der Waals surface area contributed by atoms with E-state index in [-0.39, 0.29) is 11.3 Å². The van der Waals surface area contributed by atoms with Crippen molar-refractivity contribution in [1.82, 2.24) is 10.7 Å². The van der Waals surface area contributed by atoms with Crippen molar-refractivity contribution < 1.29 is 5.11 Å². The Labute approximate surface area is 165 Å². The minimum absolute atomic E-state index is 0.177. The Bertz CT molecular complexity index is 888. The maximum absolute atomic E-state index is 10.2. The van der Waals surface area contributed by atoms with Crippen molar-refractivity contribution in [2.45, 2.75) is 44.1 Å². The van der Waals surface area contributed by atoms with Crippen molar-refractivity contribution >= 4 is 34.3 Å². The first-order valence-corrected chi connectivity index (χ1v) is 10.3. The fraction of sp³-hybridized carbons (Fsp3) is 0.455. The first kappa shape index (κ1) is 17.0. The number of phenolic OH excluding ortho intramolecular Hbond substituents is 1. The Hall–Kier alpha value is -2.14. The molecule has 2 aromatic carbocycles. The van der Waals surface area contributed by atoms with Crippen LogP contribution in [0.1, 0.15) is 44.1 Å². The SMILES string of the molecule is Oc1ccc2ccccc2c1/C=N\NC(=S)NC12CC3CC(CC(C3)C1)C2. The number of thiocarbonyl (C=S) groups is 1. The summed E-state index contributed by atoms with van der Waals surface area (Å²) in [5.41, 5.74) is 3.86. The Morgan fingerprint density at radius 3 is 2.41 bits per heavy atom. The largest absolute Gasteiger partial charge is 0.507 e. The third-order valence-corrected chi connectivity index (χ3v) is 6.92. The number of hydrogen-bond donors (Lipinski definition) is 3. The third-order valence-electron chi connectivity index (χ3n) is 6.72. The molecule has 0 saturated heterocycles. The lowest BCUT2D eigenvalue weighted by molar-refractivity contribution is -0.0101. The molecule has 2 aromatic rings. The zero-order chi connectivity index (χ0) is 18.4. The summed E-state index contributed by atoms with van der Waals surface area (Å²) in [7, 11) is 0. The maximum Gasteiger partial charge on any atom is 0.187 e. The maximum atomic E-state index is 10.2. The molecular formula is C22H25N3OS. The number of rotatable bonds is 3. The molecule has 0 radical (unpaired) electrons. The van der Waals surface area contributed by atoms with Gasteiger partial charge in [-0.2, -0.15) is 5.10 Å². The van der Waals surface area contributed by atoms with Crippen LogP contribution in [-0.4, -0.2) is 22.0 Å². The van der Waals surface area contributed by atoms with E-state index < -0.39 is 0 Å². The second-order valence-electron chi connectivity index (χ2n) is 8.74. The molecule has 0 heterocycles. The van der Waals surface area contributed by atoms with Gasteiger partial charge >= 0.3 is 0 Å². The average molecular weight is 380 g/mol. The summed E-state index contributed by atoms with van der Waals surface area (Å²) in [4.78, 5) is 0. The average Bonchev–Trinajstić information content (AvgIpc) is 2.62. The van der Waals surface area contributed by atoms with Gasteiger partial charge in [-0.1, -0.05) is 30.3 Å². The fourth-order valence-electron chi connectivity index (χ4n) is 6.11. The number of nitrogens with zero attached hydrogens (tertiary/aromatic N) is 1. The van der Waals surface area contributed by atoms with Gasteiger partial charge in [-0.15, -0.1) is 0 Å². The van der Waals surface area contributed by atoms with Crippen LogP contribution in [0.15, 0.2) is 41.5 Å². The second-order valence-corrected chi connectivity index (χ2v) is 9.15. The summed E-state index contributed by atoms with van der Waals surface area (Å²) in [5, 5.41) is 20.8. The van der Waals surface area contributed by atoms with Gasteiger partial charge in [-0.25, -0.2) is 0 Å². The van der Waals surface area contributed by atoms with E-state index in [9.17, 15) is 5.11 Å². The number of hydrogen-bond acceptors (Lipinski definition) is 3. The van der Waals surface area contributed by atoms with Crippen LogP contribution in [0, 0.1) is 17.8 Å². The lowest BCUT2D eigenvalue weighted by Crippen LogP contribution is -2.61. The third kappa shape index (κ3) is 3.18. The van der Waals surface area contributed by atoms with E-state index in [1.54, 1.807) is 12.3 Å². The molecule has 4 aliphatic carbocycles. The van der Waals surface area contributed by atoms with Crippen molar-refractivity contribution in [3.8, 4) is 5.75 Å². The molecule has 3 N–H and O–H groups in total. The Kier molecular flexibility index (Phi) is 4.08. The lowest BCUT2D eigenvalue weighted by Gasteiger charge is -2.57. The molecule has 4 fully saturated rings. The molecule has 0 amide bonds. The van der Waals surface area contributed by atoms with Gasteiger partial charge in [0, 0.05) is 11.1 Å². The molecule has 4 saturated carbocycles. The van der Waals surface area contributed by atoms with Gasteiger partial charge in [-0.05, 0) is 85.3 Å². The predicted molar refractivity (Wildman–Crippen MR) is 113 cm³/mol. The van der Waals surface area contributed by atoms with Gasteiger partial charge in [0.2, 0.25) is 0 Å². The predicted octanol–water partition coefficient (Wildman–Crippen LogP) is 4.31. The molecule has 0 spiro atoms. The van der Waals surface area contributed by atoms with Gasteiger partial charge in [-0.3, -0.25) is 5.43 Å². The standard InChI is InChI=1S/C22H25N3OS/c26-20-6-5-17-3-1-2-4-18(17)19(20)13-23-25-21(27)24-22-10-14-7-15(11-22)9-16(8-14)12-22/h1-6,13-16,26H,7-12H2,(H2,24,25,27)/b23-13-. The smallest absolute Gasteiger partial charge is 0.187 e. The second kappa shape index (κ2) is 6.48. The van der Waals surface area contributed by atoms with Gasteiger partial charge < -0.3 is 10.4 Å². The van der Waals surface area contributed by atoms with Gasteiger partial charge in [0.15, 0.2) is 5.11 Å². The number of fused-ring (bicyclic) bond motifs is 1. The van der Waals surface area contributed by atoms with Crippen LogP contribution in [0.2, 0.25) is 0 Å². The lowest BCUT2D eigenvalue weighted by atomic mass is 9.53. The highest BCUT2D eigenvalue weighted by Gasteiger charge is 2.51. The number of hydrazone groups is 1. The van der Waals surface area contributed by atoms with Crippen molar-refractivity contribution in [2.24, 2.45) is 22.9 Å². The Balaban J connectivity index is 1.28. The van der Waals surface area contributed by atoms with Crippen LogP contribution in [-0.2, 0) is 0 Å². The van der Waals surface area contributed by atoms with E-state index in [0.29, 0.717) is 10.7 Å². The van der Waals surface area contributed by atoms with Gasteiger partial charge in [0.1, 0.15) is 5.75 Å². The van der Waals surface area contributed by atoms with E-state index in [4.69, 9.17) is 12.2 Å². The molecule has 0 aliphatic heterocycles. The van der Waals surface area contributed by atoms with E-state index >= 15 is 0 Å². The molecule has 5 heteroatoms. The van der Waals surface area contributed by atoms with Crippen molar-refractivity contribution in [3.63, 3.8) is 0 Å². The molecule has 0 aromatic heterocycles.